The van der Waals surface area contributed by atoms with Crippen molar-refractivity contribution in [3.63, 3.8) is 0 Å². The number of halogens is 2. The summed E-state index contributed by atoms with van der Waals surface area (Å²) in [5.74, 6) is 0.161. The molecule has 8 heteroatoms. The van der Waals surface area contributed by atoms with Crippen molar-refractivity contribution in [2.75, 3.05) is 31.9 Å². The minimum absolute atomic E-state index is 0. The number of aromatic nitrogens is 1. The molecule has 0 unspecified atom stereocenters. The summed E-state index contributed by atoms with van der Waals surface area (Å²) in [7, 11) is 0. The highest BCUT2D eigenvalue weighted by molar-refractivity contribution is 7.15. The van der Waals surface area contributed by atoms with E-state index in [1.54, 1.807) is 0 Å². The van der Waals surface area contributed by atoms with E-state index in [9.17, 15) is 4.79 Å². The smallest absolute Gasteiger partial charge is 0.227 e. The SMILES string of the molecule is Cl.Nc1ncc(CN2CCN(C(=O)Cc3cccc(Cl)c3)CC2)s1. The molecule has 2 heterocycles. The van der Waals surface area contributed by atoms with Crippen LogP contribution in [0.5, 0.6) is 0 Å². The third-order valence-corrected chi connectivity index (χ3v) is 4.97. The first-order valence-electron chi connectivity index (χ1n) is 7.55. The fourth-order valence-corrected chi connectivity index (χ4v) is 3.64. The molecule has 5 nitrogen and oxygen atoms in total. The van der Waals surface area contributed by atoms with Crippen LogP contribution in [0, 0.1) is 0 Å². The Bertz CT molecular complexity index is 686. The zero-order chi connectivity index (χ0) is 16.2. The highest BCUT2D eigenvalue weighted by Crippen LogP contribution is 2.18. The Morgan fingerprint density at radius 3 is 2.67 bits per heavy atom. The molecule has 1 aliphatic rings. The second-order valence-corrected chi connectivity index (χ2v) is 7.21. The maximum Gasteiger partial charge on any atom is 0.227 e. The van der Waals surface area contributed by atoms with Crippen molar-refractivity contribution in [2.24, 2.45) is 0 Å². The maximum absolute atomic E-state index is 12.4. The van der Waals surface area contributed by atoms with E-state index in [4.69, 9.17) is 17.3 Å². The van der Waals surface area contributed by atoms with Crippen molar-refractivity contribution >= 4 is 46.4 Å². The Labute approximate surface area is 156 Å². The zero-order valence-electron chi connectivity index (χ0n) is 13.2. The molecule has 0 aliphatic carbocycles. The van der Waals surface area contributed by atoms with Crippen LogP contribution in [-0.2, 0) is 17.8 Å². The number of hydrogen-bond acceptors (Lipinski definition) is 5. The molecule has 130 valence electrons. The largest absolute Gasteiger partial charge is 0.375 e. The summed E-state index contributed by atoms with van der Waals surface area (Å²) in [4.78, 5) is 21.9. The average Bonchev–Trinajstić information content (AvgIpc) is 2.93. The fourth-order valence-electron chi connectivity index (χ4n) is 2.70. The monoisotopic (exact) mass is 386 g/mol. The van der Waals surface area contributed by atoms with E-state index in [2.05, 4.69) is 9.88 Å². The number of rotatable bonds is 4. The molecule has 1 aliphatic heterocycles. The van der Waals surface area contributed by atoms with Crippen LogP contribution in [-0.4, -0.2) is 46.9 Å². The molecule has 3 rings (SSSR count). The Morgan fingerprint density at radius 1 is 1.29 bits per heavy atom. The maximum atomic E-state index is 12.4. The second kappa shape index (κ2) is 8.67. The van der Waals surface area contributed by atoms with Gasteiger partial charge in [-0.25, -0.2) is 4.98 Å². The van der Waals surface area contributed by atoms with Gasteiger partial charge in [0.15, 0.2) is 5.13 Å². The van der Waals surface area contributed by atoms with Crippen LogP contribution in [0.3, 0.4) is 0 Å². The van der Waals surface area contributed by atoms with Gasteiger partial charge in [0.25, 0.3) is 0 Å². The predicted molar refractivity (Wildman–Crippen MR) is 101 cm³/mol. The lowest BCUT2D eigenvalue weighted by Gasteiger charge is -2.34. The van der Waals surface area contributed by atoms with Crippen molar-refractivity contribution in [1.29, 1.82) is 0 Å². The van der Waals surface area contributed by atoms with Gasteiger partial charge in [-0.1, -0.05) is 23.7 Å². The molecule has 1 saturated heterocycles. The molecule has 0 radical (unpaired) electrons. The molecule has 2 N–H and O–H groups in total. The van der Waals surface area contributed by atoms with Gasteiger partial charge in [-0.2, -0.15) is 0 Å². The summed E-state index contributed by atoms with van der Waals surface area (Å²) in [6.45, 7) is 4.12. The minimum atomic E-state index is 0. The number of piperazine rings is 1. The van der Waals surface area contributed by atoms with Crippen LogP contribution in [0.25, 0.3) is 0 Å². The molecule has 1 amide bonds. The summed E-state index contributed by atoms with van der Waals surface area (Å²) in [6, 6.07) is 7.49. The molecule has 2 aromatic rings. The normalized spacial score (nSPS) is 15.1. The third-order valence-electron chi connectivity index (χ3n) is 3.92. The number of thiazole rings is 1. The van der Waals surface area contributed by atoms with Gasteiger partial charge in [-0.05, 0) is 17.7 Å². The van der Waals surface area contributed by atoms with Gasteiger partial charge in [-0.3, -0.25) is 9.69 Å². The first-order valence-corrected chi connectivity index (χ1v) is 8.74. The van der Waals surface area contributed by atoms with Gasteiger partial charge in [0.2, 0.25) is 5.91 Å². The van der Waals surface area contributed by atoms with Gasteiger partial charge in [-0.15, -0.1) is 23.7 Å². The van der Waals surface area contributed by atoms with Crippen molar-refractivity contribution in [1.82, 2.24) is 14.8 Å². The summed E-state index contributed by atoms with van der Waals surface area (Å²) in [5.41, 5.74) is 6.62. The Kier molecular flexibility index (Phi) is 6.86. The van der Waals surface area contributed by atoms with E-state index < -0.39 is 0 Å². The number of benzene rings is 1. The molecule has 0 bridgehead atoms. The Morgan fingerprint density at radius 2 is 2.04 bits per heavy atom. The lowest BCUT2D eigenvalue weighted by Crippen LogP contribution is -2.48. The second-order valence-electron chi connectivity index (χ2n) is 5.63. The summed E-state index contributed by atoms with van der Waals surface area (Å²) < 4.78 is 0. The van der Waals surface area contributed by atoms with E-state index in [0.29, 0.717) is 16.6 Å². The predicted octanol–water partition coefficient (Wildman–Crippen LogP) is 2.69. The average molecular weight is 387 g/mol. The van der Waals surface area contributed by atoms with Crippen molar-refractivity contribution in [2.45, 2.75) is 13.0 Å². The van der Waals surface area contributed by atoms with Crippen molar-refractivity contribution < 1.29 is 4.79 Å². The summed E-state index contributed by atoms with van der Waals surface area (Å²) in [6.07, 6.45) is 2.24. The first kappa shape index (κ1) is 19.0. The number of nitrogens with zero attached hydrogens (tertiary/aromatic N) is 3. The molecule has 24 heavy (non-hydrogen) atoms. The van der Waals surface area contributed by atoms with Crippen LogP contribution in [0.2, 0.25) is 5.02 Å². The van der Waals surface area contributed by atoms with Crippen LogP contribution < -0.4 is 5.73 Å². The number of amides is 1. The Hall–Kier alpha value is -1.34. The van der Waals surface area contributed by atoms with Crippen LogP contribution in [0.4, 0.5) is 5.13 Å². The number of nitrogen functional groups attached to an aromatic ring is 1. The molecule has 0 saturated carbocycles. The van der Waals surface area contributed by atoms with Gasteiger partial charge in [0.1, 0.15) is 0 Å². The van der Waals surface area contributed by atoms with Gasteiger partial charge in [0, 0.05) is 48.8 Å². The van der Waals surface area contributed by atoms with E-state index >= 15 is 0 Å². The van der Waals surface area contributed by atoms with Crippen LogP contribution in [0.1, 0.15) is 10.4 Å². The molecule has 1 aromatic heterocycles. The van der Waals surface area contributed by atoms with E-state index in [0.717, 1.165) is 38.3 Å². The quantitative estimate of drug-likeness (QED) is 0.876. The molecule has 0 atom stereocenters. The van der Waals surface area contributed by atoms with E-state index in [-0.39, 0.29) is 18.3 Å². The number of anilines is 1. The standard InChI is InChI=1S/C16H19ClN4OS.ClH/c17-13-3-1-2-12(8-13)9-15(22)21-6-4-20(5-7-21)11-14-10-19-16(18)23-14;/h1-3,8,10H,4-7,9,11H2,(H2,18,19);1H. The first-order chi connectivity index (χ1) is 11.1. The van der Waals surface area contributed by atoms with E-state index in [1.807, 2.05) is 35.4 Å². The third kappa shape index (κ3) is 5.08. The van der Waals surface area contributed by atoms with E-state index in [1.165, 1.54) is 16.2 Å². The summed E-state index contributed by atoms with van der Waals surface area (Å²) >= 11 is 7.49. The van der Waals surface area contributed by atoms with Crippen molar-refractivity contribution in [3.05, 3.63) is 45.9 Å². The lowest BCUT2D eigenvalue weighted by molar-refractivity contribution is -0.132. The number of hydrogen-bond donors (Lipinski definition) is 1. The van der Waals surface area contributed by atoms with Crippen LogP contribution >= 0.6 is 35.3 Å². The van der Waals surface area contributed by atoms with Crippen LogP contribution in [0.15, 0.2) is 30.5 Å². The topological polar surface area (TPSA) is 62.5 Å². The zero-order valence-corrected chi connectivity index (χ0v) is 15.5. The Balaban J connectivity index is 0.00000208. The van der Waals surface area contributed by atoms with Gasteiger partial charge >= 0.3 is 0 Å². The number of carbonyl (C=O) groups is 1. The molecule has 1 fully saturated rings. The summed E-state index contributed by atoms with van der Waals surface area (Å²) in [5, 5.41) is 1.28. The highest BCUT2D eigenvalue weighted by Gasteiger charge is 2.21. The van der Waals surface area contributed by atoms with Gasteiger partial charge in [0.05, 0.1) is 6.42 Å². The highest BCUT2D eigenvalue weighted by atomic mass is 35.5. The van der Waals surface area contributed by atoms with Crippen molar-refractivity contribution in [3.8, 4) is 0 Å². The number of nitrogens with two attached hydrogens (primary N) is 1. The molecule has 1 aromatic carbocycles. The minimum Gasteiger partial charge on any atom is -0.375 e. The lowest BCUT2D eigenvalue weighted by atomic mass is 10.1. The fraction of sp³-hybridized carbons (Fsp3) is 0.375. The van der Waals surface area contributed by atoms with Gasteiger partial charge < -0.3 is 10.6 Å². The molecular weight excluding hydrogens is 367 g/mol. The number of carbonyl (C=O) groups excluding carboxylic acids is 1. The molecule has 0 spiro atoms. The molecular formula is C16H20Cl2N4OS.